The molecule has 3 atom stereocenters. The van der Waals surface area contributed by atoms with Crippen molar-refractivity contribution in [2.24, 2.45) is 0 Å². The lowest BCUT2D eigenvalue weighted by atomic mass is 10.0. The molecule has 1 aromatic carbocycles. The standard InChI is InChI=1S/C13H15N3O3/c14-13-15-5-8-7(2-1-3-9(8)16-13)11-4-10(18)12(6-17)19-11/h1-3,5,10-12,17-18H,4,6H2,(H2,14,15,16)/t10-,11-,12-/m1/s1. The van der Waals surface area contributed by atoms with E-state index in [0.717, 1.165) is 16.5 Å². The predicted molar refractivity (Wildman–Crippen MR) is 69.3 cm³/mol. The number of benzene rings is 1. The summed E-state index contributed by atoms with van der Waals surface area (Å²) in [7, 11) is 0. The summed E-state index contributed by atoms with van der Waals surface area (Å²) in [5.74, 6) is 0.227. The van der Waals surface area contributed by atoms with Gasteiger partial charge in [-0.3, -0.25) is 0 Å². The van der Waals surface area contributed by atoms with Crippen LogP contribution in [0.15, 0.2) is 24.4 Å². The Bertz CT molecular complexity index is 605. The number of nitrogens with zero attached hydrogens (tertiary/aromatic N) is 2. The van der Waals surface area contributed by atoms with Crippen molar-refractivity contribution in [3.63, 3.8) is 0 Å². The minimum atomic E-state index is -0.653. The summed E-state index contributed by atoms with van der Waals surface area (Å²) in [5.41, 5.74) is 7.22. The van der Waals surface area contributed by atoms with E-state index in [0.29, 0.717) is 6.42 Å². The first-order valence-electron chi connectivity index (χ1n) is 6.14. The van der Waals surface area contributed by atoms with Gasteiger partial charge in [0, 0.05) is 18.0 Å². The molecule has 1 aromatic heterocycles. The molecular weight excluding hydrogens is 246 g/mol. The van der Waals surface area contributed by atoms with Gasteiger partial charge in [0.25, 0.3) is 0 Å². The van der Waals surface area contributed by atoms with E-state index in [1.165, 1.54) is 0 Å². The second kappa shape index (κ2) is 4.73. The van der Waals surface area contributed by atoms with Gasteiger partial charge in [-0.2, -0.15) is 0 Å². The van der Waals surface area contributed by atoms with Gasteiger partial charge >= 0.3 is 0 Å². The first-order valence-corrected chi connectivity index (χ1v) is 6.14. The molecule has 0 aliphatic carbocycles. The van der Waals surface area contributed by atoms with Crippen LogP contribution in [0.4, 0.5) is 5.95 Å². The van der Waals surface area contributed by atoms with Gasteiger partial charge in [-0.05, 0) is 11.6 Å². The zero-order valence-electron chi connectivity index (χ0n) is 10.2. The largest absolute Gasteiger partial charge is 0.394 e. The number of rotatable bonds is 2. The topological polar surface area (TPSA) is 101 Å². The Morgan fingerprint density at radius 1 is 1.42 bits per heavy atom. The molecule has 100 valence electrons. The highest BCUT2D eigenvalue weighted by Gasteiger charge is 2.34. The van der Waals surface area contributed by atoms with Crippen molar-refractivity contribution in [2.75, 3.05) is 12.3 Å². The first kappa shape index (κ1) is 12.3. The summed E-state index contributed by atoms with van der Waals surface area (Å²) in [6.07, 6.45) is 0.669. The highest BCUT2D eigenvalue weighted by Crippen LogP contribution is 2.36. The zero-order chi connectivity index (χ0) is 13.4. The van der Waals surface area contributed by atoms with Crippen LogP contribution in [0.3, 0.4) is 0 Å². The van der Waals surface area contributed by atoms with Crippen molar-refractivity contribution in [2.45, 2.75) is 24.7 Å². The zero-order valence-corrected chi connectivity index (χ0v) is 10.2. The van der Waals surface area contributed by atoms with Crippen LogP contribution in [0, 0.1) is 0 Å². The van der Waals surface area contributed by atoms with E-state index < -0.39 is 12.2 Å². The maximum atomic E-state index is 9.80. The van der Waals surface area contributed by atoms with Crippen LogP contribution in [0.2, 0.25) is 0 Å². The Kier molecular flexibility index (Phi) is 3.06. The molecule has 1 fully saturated rings. The number of nitrogen functional groups attached to an aromatic ring is 1. The maximum absolute atomic E-state index is 9.80. The van der Waals surface area contributed by atoms with Crippen LogP contribution < -0.4 is 5.73 Å². The lowest BCUT2D eigenvalue weighted by Crippen LogP contribution is -2.24. The van der Waals surface area contributed by atoms with E-state index in [9.17, 15) is 5.11 Å². The first-order chi connectivity index (χ1) is 9.19. The molecule has 2 aromatic rings. The molecule has 0 radical (unpaired) electrons. The number of hydrogen-bond donors (Lipinski definition) is 3. The Morgan fingerprint density at radius 3 is 3.00 bits per heavy atom. The second-order valence-electron chi connectivity index (χ2n) is 4.66. The second-order valence-corrected chi connectivity index (χ2v) is 4.66. The van der Waals surface area contributed by atoms with Crippen molar-refractivity contribution < 1.29 is 14.9 Å². The molecule has 0 spiro atoms. The predicted octanol–water partition coefficient (Wildman–Crippen LogP) is 0.395. The van der Waals surface area contributed by atoms with Gasteiger partial charge in [-0.1, -0.05) is 12.1 Å². The fourth-order valence-electron chi connectivity index (χ4n) is 2.47. The van der Waals surface area contributed by atoms with Crippen molar-refractivity contribution in [3.8, 4) is 0 Å². The van der Waals surface area contributed by atoms with Crippen molar-refractivity contribution in [3.05, 3.63) is 30.0 Å². The molecule has 19 heavy (non-hydrogen) atoms. The maximum Gasteiger partial charge on any atom is 0.220 e. The van der Waals surface area contributed by atoms with Crippen molar-refractivity contribution in [1.29, 1.82) is 0 Å². The Hall–Kier alpha value is -1.76. The van der Waals surface area contributed by atoms with E-state index in [4.69, 9.17) is 15.6 Å². The number of ether oxygens (including phenoxy) is 1. The molecule has 4 N–H and O–H groups in total. The monoisotopic (exact) mass is 261 g/mol. The molecule has 3 rings (SSSR count). The Morgan fingerprint density at radius 2 is 2.26 bits per heavy atom. The van der Waals surface area contributed by atoms with Crippen molar-refractivity contribution >= 4 is 16.9 Å². The number of fused-ring (bicyclic) bond motifs is 1. The van der Waals surface area contributed by atoms with E-state index in [-0.39, 0.29) is 18.7 Å². The molecule has 0 unspecified atom stereocenters. The van der Waals surface area contributed by atoms with Crippen LogP contribution in [0.25, 0.3) is 10.9 Å². The number of hydrogen-bond acceptors (Lipinski definition) is 6. The number of anilines is 1. The summed E-state index contributed by atoms with van der Waals surface area (Å²) < 4.78 is 5.66. The highest BCUT2D eigenvalue weighted by molar-refractivity contribution is 5.82. The third-order valence-electron chi connectivity index (χ3n) is 3.43. The van der Waals surface area contributed by atoms with E-state index >= 15 is 0 Å². The molecule has 1 aliphatic rings. The van der Waals surface area contributed by atoms with Crippen LogP contribution in [-0.2, 0) is 4.74 Å². The van der Waals surface area contributed by atoms with Crippen LogP contribution >= 0.6 is 0 Å². The Balaban J connectivity index is 2.02. The van der Waals surface area contributed by atoms with E-state index in [1.54, 1.807) is 6.20 Å². The summed E-state index contributed by atoms with van der Waals surface area (Å²) in [6.45, 7) is -0.189. The quantitative estimate of drug-likeness (QED) is 0.723. The van der Waals surface area contributed by atoms with E-state index in [1.807, 2.05) is 18.2 Å². The summed E-state index contributed by atoms with van der Waals surface area (Å²) in [6, 6.07) is 5.64. The molecule has 2 heterocycles. The van der Waals surface area contributed by atoms with Gasteiger partial charge in [0.2, 0.25) is 5.95 Å². The molecule has 1 aliphatic heterocycles. The van der Waals surface area contributed by atoms with Crippen molar-refractivity contribution in [1.82, 2.24) is 9.97 Å². The summed E-state index contributed by atoms with van der Waals surface area (Å²) in [4.78, 5) is 8.16. The fraction of sp³-hybridized carbons (Fsp3) is 0.385. The average molecular weight is 261 g/mol. The Labute approximate surface area is 109 Å². The number of aromatic nitrogens is 2. The van der Waals surface area contributed by atoms with Gasteiger partial charge in [-0.15, -0.1) is 0 Å². The molecule has 0 saturated carbocycles. The summed E-state index contributed by atoms with van der Waals surface area (Å²) in [5, 5.41) is 19.8. The fourth-order valence-corrected chi connectivity index (χ4v) is 2.47. The smallest absolute Gasteiger partial charge is 0.220 e. The van der Waals surface area contributed by atoms with Gasteiger partial charge in [0.1, 0.15) is 6.10 Å². The van der Waals surface area contributed by atoms with Crippen LogP contribution in [0.5, 0.6) is 0 Å². The van der Waals surface area contributed by atoms with Gasteiger partial charge in [0.05, 0.1) is 24.3 Å². The lowest BCUT2D eigenvalue weighted by molar-refractivity contribution is -0.0222. The SMILES string of the molecule is Nc1ncc2c([C@H]3C[C@@H](O)[C@@H](CO)O3)cccc2n1. The average Bonchev–Trinajstić information content (AvgIpc) is 2.78. The molecule has 0 bridgehead atoms. The van der Waals surface area contributed by atoms with Gasteiger partial charge in [-0.25, -0.2) is 9.97 Å². The minimum absolute atomic E-state index is 0.189. The van der Waals surface area contributed by atoms with Crippen LogP contribution in [0.1, 0.15) is 18.1 Å². The van der Waals surface area contributed by atoms with Gasteiger partial charge < -0.3 is 20.7 Å². The normalized spacial score (nSPS) is 26.9. The minimum Gasteiger partial charge on any atom is -0.394 e. The number of nitrogens with two attached hydrogens (primary N) is 1. The molecule has 1 saturated heterocycles. The number of aliphatic hydroxyl groups is 2. The van der Waals surface area contributed by atoms with Gasteiger partial charge in [0.15, 0.2) is 0 Å². The summed E-state index contributed by atoms with van der Waals surface area (Å²) >= 11 is 0. The molecule has 6 heteroatoms. The van der Waals surface area contributed by atoms with E-state index in [2.05, 4.69) is 9.97 Å². The molecular formula is C13H15N3O3. The number of aliphatic hydroxyl groups excluding tert-OH is 2. The third-order valence-corrected chi connectivity index (χ3v) is 3.43. The highest BCUT2D eigenvalue weighted by atomic mass is 16.5. The van der Waals surface area contributed by atoms with Crippen LogP contribution in [-0.4, -0.2) is 39.0 Å². The molecule has 6 nitrogen and oxygen atoms in total. The molecule has 0 amide bonds. The third kappa shape index (κ3) is 2.14. The lowest BCUT2D eigenvalue weighted by Gasteiger charge is -2.14.